The lowest BCUT2D eigenvalue weighted by Crippen LogP contribution is -2.26. The Morgan fingerprint density at radius 1 is 1.11 bits per heavy atom. The maximum Gasteiger partial charge on any atom is 0.387 e. The van der Waals surface area contributed by atoms with Crippen LogP contribution in [0.15, 0.2) is 48.5 Å². The number of nitrogens with two attached hydrogens (primary N) is 1. The number of rotatable bonds is 9. The third kappa shape index (κ3) is 5.45. The number of alkyl halides is 2. The number of ether oxygens (including phenoxy) is 1. The molecular formula is C27H26ClF4NO2. The van der Waals surface area contributed by atoms with Gasteiger partial charge in [-0.3, -0.25) is 4.79 Å². The summed E-state index contributed by atoms with van der Waals surface area (Å²) < 4.78 is 60.6. The van der Waals surface area contributed by atoms with E-state index in [-0.39, 0.29) is 11.1 Å². The van der Waals surface area contributed by atoms with Crippen LogP contribution in [0.2, 0.25) is 5.02 Å². The van der Waals surface area contributed by atoms with Crippen LogP contribution in [-0.2, 0) is 11.8 Å². The van der Waals surface area contributed by atoms with E-state index < -0.39 is 45.9 Å². The van der Waals surface area contributed by atoms with Gasteiger partial charge in [0.15, 0.2) is 11.6 Å². The van der Waals surface area contributed by atoms with E-state index in [2.05, 4.69) is 4.74 Å². The molecule has 2 N–H and O–H groups in total. The summed E-state index contributed by atoms with van der Waals surface area (Å²) in [6.45, 7) is 2.40. The van der Waals surface area contributed by atoms with Crippen molar-refractivity contribution in [2.24, 2.45) is 5.73 Å². The van der Waals surface area contributed by atoms with Crippen LogP contribution in [0.4, 0.5) is 17.6 Å². The number of benzene rings is 3. The maximum absolute atomic E-state index is 15.6. The van der Waals surface area contributed by atoms with E-state index in [0.29, 0.717) is 17.5 Å². The number of carbonyl (C=O) groups is 1. The minimum atomic E-state index is -3.31. The molecule has 3 aromatic carbocycles. The van der Waals surface area contributed by atoms with Crippen molar-refractivity contribution in [1.29, 1.82) is 0 Å². The average Bonchev–Trinajstić information content (AvgIpc) is 2.80. The van der Waals surface area contributed by atoms with Crippen LogP contribution in [0.5, 0.6) is 5.75 Å². The van der Waals surface area contributed by atoms with Gasteiger partial charge in [0.2, 0.25) is 5.91 Å². The summed E-state index contributed by atoms with van der Waals surface area (Å²) >= 11 is 6.38. The molecule has 0 bridgehead atoms. The van der Waals surface area contributed by atoms with Gasteiger partial charge in [-0.25, -0.2) is 8.78 Å². The van der Waals surface area contributed by atoms with E-state index in [1.54, 1.807) is 6.92 Å². The Bertz CT molecular complexity index is 1230. The van der Waals surface area contributed by atoms with Gasteiger partial charge >= 0.3 is 6.61 Å². The van der Waals surface area contributed by atoms with Crippen LogP contribution in [0.3, 0.4) is 0 Å². The van der Waals surface area contributed by atoms with Crippen LogP contribution in [0.25, 0.3) is 11.1 Å². The zero-order valence-electron chi connectivity index (χ0n) is 19.6. The molecule has 0 aromatic heterocycles. The number of amides is 1. The normalized spacial score (nSPS) is 13.1. The number of primary amides is 1. The molecule has 1 atom stereocenters. The summed E-state index contributed by atoms with van der Waals surface area (Å²) in [7, 11) is 0. The number of carbonyl (C=O) groups excluding carboxylic acids is 1. The fraction of sp³-hybridized carbons (Fsp3) is 0.296. The Hall–Kier alpha value is -3.06. The van der Waals surface area contributed by atoms with Gasteiger partial charge in [-0.2, -0.15) is 8.78 Å². The van der Waals surface area contributed by atoms with E-state index in [9.17, 15) is 18.0 Å². The minimum absolute atomic E-state index is 0.103. The van der Waals surface area contributed by atoms with Gasteiger partial charge in [0, 0.05) is 11.1 Å². The van der Waals surface area contributed by atoms with E-state index in [1.807, 2.05) is 44.2 Å². The predicted octanol–water partition coefficient (Wildman–Crippen LogP) is 7.59. The van der Waals surface area contributed by atoms with Crippen molar-refractivity contribution in [3.63, 3.8) is 0 Å². The largest absolute Gasteiger partial charge is 0.432 e. The molecule has 0 aliphatic carbocycles. The highest BCUT2D eigenvalue weighted by Crippen LogP contribution is 2.44. The molecule has 3 rings (SSSR count). The van der Waals surface area contributed by atoms with Crippen molar-refractivity contribution in [2.45, 2.75) is 52.1 Å². The molecular weight excluding hydrogens is 482 g/mol. The number of aryl methyl sites for hydroxylation is 1. The number of hydrogen-bond acceptors (Lipinski definition) is 2. The van der Waals surface area contributed by atoms with Crippen LogP contribution < -0.4 is 10.5 Å². The first-order valence-electron chi connectivity index (χ1n) is 11.1. The third-order valence-corrected chi connectivity index (χ3v) is 6.60. The molecule has 0 saturated heterocycles. The van der Waals surface area contributed by atoms with Crippen molar-refractivity contribution in [3.8, 4) is 16.9 Å². The first-order valence-corrected chi connectivity index (χ1v) is 11.5. The Morgan fingerprint density at radius 2 is 1.77 bits per heavy atom. The lowest BCUT2D eigenvalue weighted by molar-refractivity contribution is -0.0521. The zero-order valence-corrected chi connectivity index (χ0v) is 20.4. The van der Waals surface area contributed by atoms with Gasteiger partial charge in [-0.15, -0.1) is 0 Å². The lowest BCUT2D eigenvalue weighted by atomic mass is 9.72. The SMILES string of the molecule is CCC[C@](C)(Cc1c(C)cc(F)c(Cl)c1-c1c(C(N)=O)ccc(OC(F)F)c1F)c1ccccc1. The van der Waals surface area contributed by atoms with E-state index in [1.165, 1.54) is 6.07 Å². The standard InChI is InChI=1S/C27H26ClF4NO2/c1-4-12-27(3,16-8-6-5-7-9-16)14-18-15(2)13-19(29)23(28)21(18)22-17(25(33)34)10-11-20(24(22)30)35-26(31)32/h5-11,13,26H,4,12,14H2,1-3H3,(H2,33,34)/t27-/m1/s1. The second-order valence-electron chi connectivity index (χ2n) is 8.74. The first kappa shape index (κ1) is 26.5. The van der Waals surface area contributed by atoms with Gasteiger partial charge in [0.05, 0.1) is 10.6 Å². The predicted molar refractivity (Wildman–Crippen MR) is 129 cm³/mol. The molecule has 1 amide bonds. The van der Waals surface area contributed by atoms with Crippen molar-refractivity contribution in [3.05, 3.63) is 87.4 Å². The number of hydrogen-bond donors (Lipinski definition) is 1. The van der Waals surface area contributed by atoms with E-state index in [0.717, 1.165) is 30.5 Å². The highest BCUT2D eigenvalue weighted by Gasteiger charge is 2.32. The van der Waals surface area contributed by atoms with Crippen molar-refractivity contribution in [1.82, 2.24) is 0 Å². The van der Waals surface area contributed by atoms with Gasteiger partial charge in [-0.05, 0) is 60.1 Å². The molecule has 0 saturated carbocycles. The topological polar surface area (TPSA) is 52.3 Å². The number of halogens is 5. The molecule has 3 aromatic rings. The molecule has 3 nitrogen and oxygen atoms in total. The fourth-order valence-corrected chi connectivity index (χ4v) is 4.85. The second-order valence-corrected chi connectivity index (χ2v) is 9.12. The third-order valence-electron chi connectivity index (χ3n) is 6.23. The smallest absolute Gasteiger partial charge is 0.387 e. The zero-order chi connectivity index (χ0) is 25.9. The second kappa shape index (κ2) is 10.7. The molecule has 0 fully saturated rings. The Balaban J connectivity index is 2.36. The summed E-state index contributed by atoms with van der Waals surface area (Å²) in [6, 6.07) is 12.8. The van der Waals surface area contributed by atoms with Crippen LogP contribution in [0.1, 0.15) is 53.7 Å². The van der Waals surface area contributed by atoms with Crippen molar-refractivity contribution < 1.29 is 27.1 Å². The van der Waals surface area contributed by atoms with Crippen LogP contribution in [-0.4, -0.2) is 12.5 Å². The molecule has 186 valence electrons. The van der Waals surface area contributed by atoms with Crippen LogP contribution in [0, 0.1) is 18.6 Å². The lowest BCUT2D eigenvalue weighted by Gasteiger charge is -2.32. The molecule has 0 aliphatic rings. The Labute approximate surface area is 206 Å². The highest BCUT2D eigenvalue weighted by molar-refractivity contribution is 6.34. The quantitative estimate of drug-likeness (QED) is 0.303. The fourth-order valence-electron chi connectivity index (χ4n) is 4.59. The summed E-state index contributed by atoms with van der Waals surface area (Å²) in [5.41, 5.74) is 6.08. The summed E-state index contributed by atoms with van der Waals surface area (Å²) in [6.07, 6.45) is 1.88. The molecule has 8 heteroatoms. The maximum atomic E-state index is 15.6. The molecule has 0 heterocycles. The molecule has 0 radical (unpaired) electrons. The van der Waals surface area contributed by atoms with Gasteiger partial charge in [0.25, 0.3) is 0 Å². The van der Waals surface area contributed by atoms with Gasteiger partial charge < -0.3 is 10.5 Å². The highest BCUT2D eigenvalue weighted by atomic mass is 35.5. The average molecular weight is 508 g/mol. The Morgan fingerprint density at radius 3 is 2.34 bits per heavy atom. The van der Waals surface area contributed by atoms with Gasteiger partial charge in [-0.1, -0.05) is 62.2 Å². The van der Waals surface area contributed by atoms with Crippen molar-refractivity contribution in [2.75, 3.05) is 0 Å². The summed E-state index contributed by atoms with van der Waals surface area (Å²) in [5.74, 6) is -3.93. The van der Waals surface area contributed by atoms with Gasteiger partial charge in [0.1, 0.15) is 5.82 Å². The summed E-state index contributed by atoms with van der Waals surface area (Å²) in [5, 5.41) is -0.437. The van der Waals surface area contributed by atoms with E-state index in [4.69, 9.17) is 17.3 Å². The minimum Gasteiger partial charge on any atom is -0.432 e. The van der Waals surface area contributed by atoms with Crippen LogP contribution >= 0.6 is 11.6 Å². The molecule has 0 aliphatic heterocycles. The Kier molecular flexibility index (Phi) is 8.11. The van der Waals surface area contributed by atoms with E-state index >= 15 is 4.39 Å². The first-order chi connectivity index (χ1) is 16.5. The molecule has 0 unspecified atom stereocenters. The van der Waals surface area contributed by atoms with Crippen molar-refractivity contribution >= 4 is 17.5 Å². The summed E-state index contributed by atoms with van der Waals surface area (Å²) in [4.78, 5) is 12.2. The molecule has 0 spiro atoms. The molecule has 35 heavy (non-hydrogen) atoms. The monoisotopic (exact) mass is 507 g/mol.